The van der Waals surface area contributed by atoms with Crippen molar-refractivity contribution in [3.05, 3.63) is 102 Å². The Morgan fingerprint density at radius 3 is 1.97 bits per heavy atom. The molecule has 0 aromatic heterocycles. The van der Waals surface area contributed by atoms with Crippen molar-refractivity contribution in [1.29, 1.82) is 0 Å². The molecular weight excluding hydrogens is 388 g/mol. The van der Waals surface area contributed by atoms with E-state index >= 15 is 0 Å². The molecule has 4 aromatic carbocycles. The van der Waals surface area contributed by atoms with Crippen LogP contribution in [-0.2, 0) is 6.42 Å². The lowest BCUT2D eigenvalue weighted by Gasteiger charge is -2.05. The molecule has 32 heavy (non-hydrogen) atoms. The first-order valence-electron chi connectivity index (χ1n) is 11.6. The van der Waals surface area contributed by atoms with E-state index in [4.69, 9.17) is 4.74 Å². The van der Waals surface area contributed by atoms with Crippen molar-refractivity contribution >= 4 is 10.8 Å². The van der Waals surface area contributed by atoms with Crippen molar-refractivity contribution < 1.29 is 4.74 Å². The normalized spacial score (nSPS) is 10.6. The average Bonchev–Trinajstić information content (AvgIpc) is 2.84. The summed E-state index contributed by atoms with van der Waals surface area (Å²) >= 11 is 0. The molecule has 4 rings (SSSR count). The van der Waals surface area contributed by atoms with E-state index in [0.717, 1.165) is 23.3 Å². The molecule has 0 aliphatic heterocycles. The predicted molar refractivity (Wildman–Crippen MR) is 136 cm³/mol. The maximum atomic E-state index is 5.52. The minimum Gasteiger partial charge on any atom is -0.494 e. The Morgan fingerprint density at radius 1 is 0.625 bits per heavy atom. The number of aryl methyl sites for hydroxylation is 1. The molecule has 4 aromatic rings. The average molecular weight is 419 g/mol. The van der Waals surface area contributed by atoms with E-state index in [2.05, 4.69) is 91.6 Å². The van der Waals surface area contributed by atoms with Gasteiger partial charge in [0.05, 0.1) is 6.61 Å². The standard InChI is InChI=1S/C31H30O/c1-3-5-6-7-25-12-16-30-23-26(13-17-29(30)22-25)9-8-24-10-14-27(15-11-24)28-18-20-31(21-19-28)32-4-2/h10-23H,3-7H2,1-2H3. The Kier molecular flexibility index (Phi) is 7.26. The molecule has 0 amide bonds. The summed E-state index contributed by atoms with van der Waals surface area (Å²) in [5.41, 5.74) is 5.85. The Hall–Kier alpha value is -3.50. The van der Waals surface area contributed by atoms with E-state index in [-0.39, 0.29) is 0 Å². The zero-order chi connectivity index (χ0) is 22.2. The summed E-state index contributed by atoms with van der Waals surface area (Å²) in [5.74, 6) is 7.53. The van der Waals surface area contributed by atoms with Crippen LogP contribution in [0, 0.1) is 11.8 Å². The fourth-order valence-corrected chi connectivity index (χ4v) is 3.91. The van der Waals surface area contributed by atoms with Crippen LogP contribution in [0.5, 0.6) is 5.75 Å². The Labute approximate surface area is 192 Å². The largest absolute Gasteiger partial charge is 0.494 e. The van der Waals surface area contributed by atoms with Gasteiger partial charge in [-0.15, -0.1) is 0 Å². The first kappa shape index (κ1) is 21.7. The highest BCUT2D eigenvalue weighted by Crippen LogP contribution is 2.23. The van der Waals surface area contributed by atoms with Crippen molar-refractivity contribution in [3.8, 4) is 28.7 Å². The molecule has 0 aliphatic carbocycles. The fourth-order valence-electron chi connectivity index (χ4n) is 3.91. The van der Waals surface area contributed by atoms with E-state index in [1.165, 1.54) is 46.7 Å². The van der Waals surface area contributed by atoms with Crippen molar-refractivity contribution in [3.63, 3.8) is 0 Å². The third kappa shape index (κ3) is 5.59. The fraction of sp³-hybridized carbons (Fsp3) is 0.226. The molecule has 0 atom stereocenters. The van der Waals surface area contributed by atoms with Gasteiger partial charge in [-0.2, -0.15) is 0 Å². The van der Waals surface area contributed by atoms with Gasteiger partial charge < -0.3 is 4.74 Å². The maximum Gasteiger partial charge on any atom is 0.119 e. The number of fused-ring (bicyclic) bond motifs is 1. The number of benzene rings is 4. The molecule has 0 N–H and O–H groups in total. The van der Waals surface area contributed by atoms with Gasteiger partial charge in [-0.25, -0.2) is 0 Å². The molecule has 0 unspecified atom stereocenters. The van der Waals surface area contributed by atoms with Gasteiger partial charge in [0.2, 0.25) is 0 Å². The molecule has 0 radical (unpaired) electrons. The summed E-state index contributed by atoms with van der Waals surface area (Å²) in [4.78, 5) is 0. The van der Waals surface area contributed by atoms with Crippen LogP contribution in [0.3, 0.4) is 0 Å². The van der Waals surface area contributed by atoms with Crippen LogP contribution in [0.25, 0.3) is 21.9 Å². The summed E-state index contributed by atoms with van der Waals surface area (Å²) in [6.45, 7) is 4.93. The van der Waals surface area contributed by atoms with Gasteiger partial charge >= 0.3 is 0 Å². The van der Waals surface area contributed by atoms with E-state index in [1.54, 1.807) is 0 Å². The number of unbranched alkanes of at least 4 members (excludes halogenated alkanes) is 2. The second kappa shape index (κ2) is 10.7. The van der Waals surface area contributed by atoms with Gasteiger partial charge in [0.15, 0.2) is 0 Å². The number of hydrogen-bond acceptors (Lipinski definition) is 1. The highest BCUT2D eigenvalue weighted by molar-refractivity contribution is 5.84. The van der Waals surface area contributed by atoms with E-state index < -0.39 is 0 Å². The van der Waals surface area contributed by atoms with E-state index in [9.17, 15) is 0 Å². The molecule has 1 heteroatoms. The van der Waals surface area contributed by atoms with Gasteiger partial charge in [-0.05, 0) is 83.6 Å². The van der Waals surface area contributed by atoms with Crippen LogP contribution in [0.15, 0.2) is 84.9 Å². The number of ether oxygens (including phenoxy) is 1. The van der Waals surface area contributed by atoms with Crippen LogP contribution >= 0.6 is 0 Å². The second-order valence-electron chi connectivity index (χ2n) is 8.14. The van der Waals surface area contributed by atoms with E-state index in [0.29, 0.717) is 6.61 Å². The monoisotopic (exact) mass is 418 g/mol. The molecule has 160 valence electrons. The molecule has 0 saturated heterocycles. The second-order valence-corrected chi connectivity index (χ2v) is 8.14. The van der Waals surface area contributed by atoms with Crippen LogP contribution in [-0.4, -0.2) is 6.61 Å². The van der Waals surface area contributed by atoms with Crippen LogP contribution in [0.1, 0.15) is 49.8 Å². The minimum atomic E-state index is 0.685. The Morgan fingerprint density at radius 2 is 1.25 bits per heavy atom. The Balaban J connectivity index is 1.45. The number of rotatable bonds is 7. The van der Waals surface area contributed by atoms with Gasteiger partial charge in [0, 0.05) is 11.1 Å². The summed E-state index contributed by atoms with van der Waals surface area (Å²) in [6, 6.07) is 30.0. The first-order chi connectivity index (χ1) is 15.7. The molecule has 0 bridgehead atoms. The number of hydrogen-bond donors (Lipinski definition) is 0. The van der Waals surface area contributed by atoms with Crippen molar-refractivity contribution in [2.75, 3.05) is 6.61 Å². The summed E-state index contributed by atoms with van der Waals surface area (Å²) in [6.07, 6.45) is 4.99. The van der Waals surface area contributed by atoms with Crippen LogP contribution < -0.4 is 4.74 Å². The lowest BCUT2D eigenvalue weighted by atomic mass is 10.0. The summed E-state index contributed by atoms with van der Waals surface area (Å²) in [5, 5.41) is 2.55. The van der Waals surface area contributed by atoms with Crippen LogP contribution in [0.2, 0.25) is 0 Å². The smallest absolute Gasteiger partial charge is 0.119 e. The highest BCUT2D eigenvalue weighted by Gasteiger charge is 2.00. The molecule has 0 aliphatic rings. The zero-order valence-electron chi connectivity index (χ0n) is 19.0. The molecule has 0 heterocycles. The maximum absolute atomic E-state index is 5.52. The highest BCUT2D eigenvalue weighted by atomic mass is 16.5. The van der Waals surface area contributed by atoms with Gasteiger partial charge in [-0.1, -0.05) is 80.1 Å². The topological polar surface area (TPSA) is 9.23 Å². The molecule has 1 nitrogen and oxygen atoms in total. The first-order valence-corrected chi connectivity index (χ1v) is 11.6. The SMILES string of the molecule is CCCCCc1ccc2cc(C#Cc3ccc(-c4ccc(OCC)cc4)cc3)ccc2c1. The van der Waals surface area contributed by atoms with Gasteiger partial charge in [0.1, 0.15) is 5.75 Å². The van der Waals surface area contributed by atoms with Crippen molar-refractivity contribution in [1.82, 2.24) is 0 Å². The molecule has 0 fully saturated rings. The van der Waals surface area contributed by atoms with E-state index in [1.807, 2.05) is 19.1 Å². The van der Waals surface area contributed by atoms with Crippen molar-refractivity contribution in [2.24, 2.45) is 0 Å². The van der Waals surface area contributed by atoms with Gasteiger partial charge in [-0.3, -0.25) is 0 Å². The van der Waals surface area contributed by atoms with Crippen LogP contribution in [0.4, 0.5) is 0 Å². The van der Waals surface area contributed by atoms with Gasteiger partial charge in [0.25, 0.3) is 0 Å². The predicted octanol–water partition coefficient (Wildman–Crippen LogP) is 8.04. The lowest BCUT2D eigenvalue weighted by Crippen LogP contribution is -1.90. The molecular formula is C31H30O. The lowest BCUT2D eigenvalue weighted by molar-refractivity contribution is 0.340. The molecule has 0 saturated carbocycles. The zero-order valence-corrected chi connectivity index (χ0v) is 19.0. The third-order valence-corrected chi connectivity index (χ3v) is 5.71. The summed E-state index contributed by atoms with van der Waals surface area (Å²) < 4.78 is 5.52. The molecule has 0 spiro atoms. The van der Waals surface area contributed by atoms with Crippen molar-refractivity contribution in [2.45, 2.75) is 39.5 Å². The quantitative estimate of drug-likeness (QED) is 0.218. The summed E-state index contributed by atoms with van der Waals surface area (Å²) in [7, 11) is 0. The third-order valence-electron chi connectivity index (χ3n) is 5.71. The Bertz CT molecular complexity index is 1220. The minimum absolute atomic E-state index is 0.685.